The minimum absolute atomic E-state index is 0.192. The van der Waals surface area contributed by atoms with Gasteiger partial charge < -0.3 is 15.2 Å². The lowest BCUT2D eigenvalue weighted by atomic mass is 10.2. The van der Waals surface area contributed by atoms with E-state index >= 15 is 0 Å². The first-order chi connectivity index (χ1) is 12.1. The summed E-state index contributed by atoms with van der Waals surface area (Å²) in [5.41, 5.74) is 0.787. The molecule has 0 spiro atoms. The minimum atomic E-state index is -0.721. The molecule has 0 unspecified atom stereocenters. The number of methoxy groups -OCH3 is 1. The van der Waals surface area contributed by atoms with Gasteiger partial charge in [0, 0.05) is 31.4 Å². The van der Waals surface area contributed by atoms with Crippen molar-refractivity contribution in [2.45, 2.75) is 18.7 Å². The van der Waals surface area contributed by atoms with E-state index in [9.17, 15) is 14.3 Å². The van der Waals surface area contributed by atoms with Crippen molar-refractivity contribution in [2.24, 2.45) is 0 Å². The largest absolute Gasteiger partial charge is 0.494 e. The van der Waals surface area contributed by atoms with Gasteiger partial charge in [0.15, 0.2) is 11.6 Å². The van der Waals surface area contributed by atoms with Crippen LogP contribution in [0.3, 0.4) is 0 Å². The molecule has 1 saturated heterocycles. The van der Waals surface area contributed by atoms with E-state index in [2.05, 4.69) is 10.3 Å². The molecule has 132 valence electrons. The van der Waals surface area contributed by atoms with Gasteiger partial charge in [-0.2, -0.15) is 0 Å². The van der Waals surface area contributed by atoms with Crippen LogP contribution in [0.25, 0.3) is 0 Å². The Kier molecular flexibility index (Phi) is 5.25. The van der Waals surface area contributed by atoms with Crippen LogP contribution in [0.2, 0.25) is 0 Å². The van der Waals surface area contributed by atoms with Crippen molar-refractivity contribution in [3.63, 3.8) is 0 Å². The second kappa shape index (κ2) is 7.58. The standard InChI is InChI=1S/C18H20FN3O3/c1-25-16-7-4-5-12(17(16)19)9-22-10-14(15(23)11-22)21-18(24)13-6-2-3-8-20-13/h2-8,14-15,23H,9-11H2,1H3,(H,21,24)/t14-,15-/m1/s1. The highest BCUT2D eigenvalue weighted by atomic mass is 19.1. The number of nitrogens with one attached hydrogen (secondary N) is 1. The summed E-state index contributed by atoms with van der Waals surface area (Å²) in [6.07, 6.45) is 0.819. The Labute approximate surface area is 145 Å². The zero-order valence-corrected chi connectivity index (χ0v) is 13.9. The summed E-state index contributed by atoms with van der Waals surface area (Å²) >= 11 is 0. The quantitative estimate of drug-likeness (QED) is 0.852. The third-order valence-electron chi connectivity index (χ3n) is 4.24. The lowest BCUT2D eigenvalue weighted by molar-refractivity contribution is 0.0883. The van der Waals surface area contributed by atoms with E-state index in [0.717, 1.165) is 0 Å². The Morgan fingerprint density at radius 3 is 2.92 bits per heavy atom. The summed E-state index contributed by atoms with van der Waals surface area (Å²) in [7, 11) is 1.42. The monoisotopic (exact) mass is 345 g/mol. The Morgan fingerprint density at radius 1 is 1.36 bits per heavy atom. The van der Waals surface area contributed by atoms with E-state index in [-0.39, 0.29) is 11.7 Å². The van der Waals surface area contributed by atoms with Gasteiger partial charge in [0.25, 0.3) is 5.91 Å². The molecule has 1 aliphatic heterocycles. The number of aliphatic hydroxyl groups excluding tert-OH is 1. The Morgan fingerprint density at radius 2 is 2.20 bits per heavy atom. The Bertz CT molecular complexity index is 742. The number of hydrogen-bond acceptors (Lipinski definition) is 5. The third-order valence-corrected chi connectivity index (χ3v) is 4.24. The summed E-state index contributed by atoms with van der Waals surface area (Å²) in [6, 6.07) is 9.61. The summed E-state index contributed by atoms with van der Waals surface area (Å²) in [5, 5.41) is 13.0. The van der Waals surface area contributed by atoms with Crippen LogP contribution in [-0.2, 0) is 6.54 Å². The van der Waals surface area contributed by atoms with Crippen LogP contribution in [-0.4, -0.2) is 53.2 Å². The number of pyridine rings is 1. The molecule has 6 nitrogen and oxygen atoms in total. The number of nitrogens with zero attached hydrogens (tertiary/aromatic N) is 2. The number of rotatable bonds is 5. The van der Waals surface area contributed by atoms with Crippen molar-refractivity contribution in [3.05, 3.63) is 59.7 Å². The van der Waals surface area contributed by atoms with Crippen LogP contribution in [0.1, 0.15) is 16.1 Å². The minimum Gasteiger partial charge on any atom is -0.494 e. The number of aliphatic hydroxyl groups is 1. The summed E-state index contributed by atoms with van der Waals surface area (Å²) in [6.45, 7) is 1.11. The highest BCUT2D eigenvalue weighted by Gasteiger charge is 2.33. The maximum Gasteiger partial charge on any atom is 0.270 e. The molecular weight excluding hydrogens is 325 g/mol. The topological polar surface area (TPSA) is 74.7 Å². The molecule has 2 N–H and O–H groups in total. The van der Waals surface area contributed by atoms with E-state index < -0.39 is 18.0 Å². The number of amides is 1. The van der Waals surface area contributed by atoms with Crippen LogP contribution in [0, 0.1) is 5.82 Å². The van der Waals surface area contributed by atoms with Crippen LogP contribution in [0.15, 0.2) is 42.6 Å². The molecule has 0 aliphatic carbocycles. The lowest BCUT2D eigenvalue weighted by Crippen LogP contribution is -2.43. The molecule has 2 aromatic rings. The zero-order chi connectivity index (χ0) is 17.8. The van der Waals surface area contributed by atoms with Gasteiger partial charge in [0.05, 0.1) is 19.3 Å². The molecule has 2 atom stereocenters. The van der Waals surface area contributed by atoms with Gasteiger partial charge in [0.2, 0.25) is 0 Å². The number of ether oxygens (including phenoxy) is 1. The molecule has 2 heterocycles. The molecule has 1 amide bonds. The smallest absolute Gasteiger partial charge is 0.270 e. The second-order valence-electron chi connectivity index (χ2n) is 5.99. The van der Waals surface area contributed by atoms with E-state index in [1.54, 1.807) is 36.4 Å². The predicted octanol–water partition coefficient (Wildman–Crippen LogP) is 1.20. The van der Waals surface area contributed by atoms with E-state index in [0.29, 0.717) is 30.9 Å². The molecule has 0 saturated carbocycles. The fraction of sp³-hybridized carbons (Fsp3) is 0.333. The van der Waals surface area contributed by atoms with E-state index in [1.165, 1.54) is 13.3 Å². The van der Waals surface area contributed by atoms with Gasteiger partial charge >= 0.3 is 0 Å². The molecule has 1 aromatic heterocycles. The van der Waals surface area contributed by atoms with Crippen molar-refractivity contribution < 1.29 is 19.0 Å². The Hall–Kier alpha value is -2.51. The van der Waals surface area contributed by atoms with Gasteiger partial charge in [-0.1, -0.05) is 18.2 Å². The van der Waals surface area contributed by atoms with Crippen LogP contribution < -0.4 is 10.1 Å². The number of aromatic nitrogens is 1. The van der Waals surface area contributed by atoms with Gasteiger partial charge in [-0.3, -0.25) is 14.7 Å². The van der Waals surface area contributed by atoms with E-state index in [1.807, 2.05) is 4.90 Å². The summed E-state index contributed by atoms with van der Waals surface area (Å²) in [4.78, 5) is 18.1. The number of hydrogen-bond donors (Lipinski definition) is 2. The van der Waals surface area contributed by atoms with Crippen molar-refractivity contribution in [1.82, 2.24) is 15.2 Å². The van der Waals surface area contributed by atoms with Crippen LogP contribution in [0.4, 0.5) is 4.39 Å². The first kappa shape index (κ1) is 17.3. The molecule has 7 heteroatoms. The number of benzene rings is 1. The van der Waals surface area contributed by atoms with Crippen molar-refractivity contribution in [3.8, 4) is 5.75 Å². The normalized spacial score (nSPS) is 20.4. The highest BCUT2D eigenvalue weighted by molar-refractivity contribution is 5.92. The van der Waals surface area contributed by atoms with Crippen molar-refractivity contribution in [1.29, 1.82) is 0 Å². The molecule has 1 aliphatic rings. The molecule has 3 rings (SSSR count). The molecule has 0 radical (unpaired) electrons. The zero-order valence-electron chi connectivity index (χ0n) is 13.9. The molecule has 0 bridgehead atoms. The van der Waals surface area contributed by atoms with E-state index in [4.69, 9.17) is 4.74 Å². The van der Waals surface area contributed by atoms with Gasteiger partial charge in [-0.25, -0.2) is 4.39 Å². The summed E-state index contributed by atoms with van der Waals surface area (Å²) < 4.78 is 19.2. The predicted molar refractivity (Wildman–Crippen MR) is 89.7 cm³/mol. The van der Waals surface area contributed by atoms with Crippen LogP contribution in [0.5, 0.6) is 5.75 Å². The molecular formula is C18H20FN3O3. The molecule has 1 fully saturated rings. The van der Waals surface area contributed by atoms with Gasteiger partial charge in [-0.15, -0.1) is 0 Å². The highest BCUT2D eigenvalue weighted by Crippen LogP contribution is 2.23. The van der Waals surface area contributed by atoms with Crippen molar-refractivity contribution in [2.75, 3.05) is 20.2 Å². The number of likely N-dealkylation sites (tertiary alicyclic amines) is 1. The SMILES string of the molecule is COc1cccc(CN2C[C@@H](O)[C@H](NC(=O)c3ccccn3)C2)c1F. The van der Waals surface area contributed by atoms with Gasteiger partial charge in [0.1, 0.15) is 5.69 Å². The number of carbonyl (C=O) groups excluding carboxylic acids is 1. The van der Waals surface area contributed by atoms with Gasteiger partial charge in [-0.05, 0) is 18.2 Å². The molecule has 25 heavy (non-hydrogen) atoms. The average Bonchev–Trinajstić information content (AvgIpc) is 2.96. The number of carbonyl (C=O) groups is 1. The maximum atomic E-state index is 14.3. The lowest BCUT2D eigenvalue weighted by Gasteiger charge is -2.17. The fourth-order valence-corrected chi connectivity index (χ4v) is 2.95. The number of β-amino-alcohol motifs (C(OH)–C–C–N with tert-alkyl or cyclic N) is 1. The molecule has 1 aromatic carbocycles. The van der Waals surface area contributed by atoms with Crippen molar-refractivity contribution >= 4 is 5.91 Å². The third kappa shape index (κ3) is 3.94. The summed E-state index contributed by atoms with van der Waals surface area (Å²) in [5.74, 6) is -0.545. The fourth-order valence-electron chi connectivity index (χ4n) is 2.95. The average molecular weight is 345 g/mol. The second-order valence-corrected chi connectivity index (χ2v) is 5.99. The first-order valence-electron chi connectivity index (χ1n) is 8.02. The Balaban J connectivity index is 1.63. The number of halogens is 1. The van der Waals surface area contributed by atoms with Crippen LogP contribution >= 0.6 is 0 Å². The first-order valence-corrected chi connectivity index (χ1v) is 8.02. The maximum absolute atomic E-state index is 14.3.